The number of hydrogen-bond donors (Lipinski definition) is 1. The highest BCUT2D eigenvalue weighted by molar-refractivity contribution is 5.74. The van der Waals surface area contributed by atoms with Crippen molar-refractivity contribution in [2.75, 3.05) is 12.8 Å². The molecule has 0 bridgehead atoms. The summed E-state index contributed by atoms with van der Waals surface area (Å²) in [5.41, 5.74) is 7.96. The van der Waals surface area contributed by atoms with Gasteiger partial charge in [-0.2, -0.15) is 10.4 Å². The molecule has 0 unspecified atom stereocenters. The molecule has 0 aliphatic heterocycles. The molecular weight excluding hydrogens is 295 g/mol. The molecule has 3 aromatic rings. The summed E-state index contributed by atoms with van der Waals surface area (Å²) in [6.45, 7) is 0. The van der Waals surface area contributed by atoms with Gasteiger partial charge in [-0.3, -0.25) is 0 Å². The topological polar surface area (TPSA) is 76.9 Å². The number of anilines is 1. The van der Waals surface area contributed by atoms with E-state index in [9.17, 15) is 9.65 Å². The quantitative estimate of drug-likeness (QED) is 0.806. The van der Waals surface area contributed by atoms with E-state index in [1.165, 1.54) is 16.8 Å². The fourth-order valence-corrected chi connectivity index (χ4v) is 2.34. The van der Waals surface area contributed by atoms with Crippen molar-refractivity contribution in [3.63, 3.8) is 0 Å². The van der Waals surface area contributed by atoms with Crippen molar-refractivity contribution in [2.24, 2.45) is 0 Å². The predicted octanol–water partition coefficient (Wildman–Crippen LogP) is 3.14. The third-order valence-corrected chi connectivity index (χ3v) is 3.46. The average molecular weight is 308 g/mol. The van der Waals surface area contributed by atoms with Crippen LogP contribution >= 0.6 is 0 Å². The highest BCUT2D eigenvalue weighted by atomic mass is 19.1. The van der Waals surface area contributed by atoms with Crippen molar-refractivity contribution in [3.8, 4) is 28.8 Å². The van der Waals surface area contributed by atoms with E-state index in [-0.39, 0.29) is 17.2 Å². The highest BCUT2D eigenvalue weighted by Crippen LogP contribution is 2.31. The number of para-hydroxylation sites is 2. The summed E-state index contributed by atoms with van der Waals surface area (Å²) in [7, 11) is 1.55. The molecule has 0 radical (unpaired) electrons. The first-order valence-corrected chi connectivity index (χ1v) is 6.83. The van der Waals surface area contributed by atoms with E-state index < -0.39 is 0 Å². The Morgan fingerprint density at radius 1 is 1.17 bits per heavy atom. The van der Waals surface area contributed by atoms with Crippen LogP contribution in [-0.2, 0) is 0 Å². The zero-order valence-electron chi connectivity index (χ0n) is 12.3. The van der Waals surface area contributed by atoms with Crippen molar-refractivity contribution in [3.05, 3.63) is 59.9 Å². The highest BCUT2D eigenvalue weighted by Gasteiger charge is 2.19. The van der Waals surface area contributed by atoms with Crippen molar-refractivity contribution in [1.82, 2.24) is 9.78 Å². The van der Waals surface area contributed by atoms with Crippen LogP contribution in [0.25, 0.3) is 16.9 Å². The Balaban J connectivity index is 2.21. The molecule has 0 aliphatic rings. The fraction of sp³-hybridized carbons (Fsp3) is 0.0588. The Morgan fingerprint density at radius 2 is 1.87 bits per heavy atom. The SMILES string of the molecule is COc1ccccc1-n1nc(-c2ccc(F)cc2)c(C#N)c1N. The van der Waals surface area contributed by atoms with E-state index in [0.717, 1.165) is 0 Å². The van der Waals surface area contributed by atoms with Gasteiger partial charge < -0.3 is 10.5 Å². The molecule has 6 heteroatoms. The molecule has 2 N–H and O–H groups in total. The van der Waals surface area contributed by atoms with E-state index in [0.29, 0.717) is 22.7 Å². The minimum absolute atomic E-state index is 0.205. The zero-order valence-corrected chi connectivity index (χ0v) is 12.3. The third-order valence-electron chi connectivity index (χ3n) is 3.46. The summed E-state index contributed by atoms with van der Waals surface area (Å²) in [4.78, 5) is 0. The van der Waals surface area contributed by atoms with E-state index >= 15 is 0 Å². The molecule has 0 aliphatic carbocycles. The van der Waals surface area contributed by atoms with Crippen LogP contribution in [-0.4, -0.2) is 16.9 Å². The molecular formula is C17H13FN4O. The van der Waals surface area contributed by atoms with Crippen LogP contribution in [0.15, 0.2) is 48.5 Å². The number of nitrogen functional groups attached to an aromatic ring is 1. The Labute approximate surface area is 132 Å². The van der Waals surface area contributed by atoms with E-state index in [4.69, 9.17) is 10.5 Å². The molecule has 0 atom stereocenters. The largest absolute Gasteiger partial charge is 0.494 e. The second-order valence-corrected chi connectivity index (χ2v) is 4.81. The molecule has 23 heavy (non-hydrogen) atoms. The second kappa shape index (κ2) is 5.81. The van der Waals surface area contributed by atoms with E-state index in [1.54, 1.807) is 31.4 Å². The zero-order chi connectivity index (χ0) is 16.4. The molecule has 5 nitrogen and oxygen atoms in total. The van der Waals surface area contributed by atoms with Gasteiger partial charge in [0.05, 0.1) is 7.11 Å². The van der Waals surface area contributed by atoms with Crippen LogP contribution in [0.2, 0.25) is 0 Å². The number of halogens is 1. The lowest BCUT2D eigenvalue weighted by Crippen LogP contribution is -2.04. The maximum absolute atomic E-state index is 13.1. The molecule has 0 amide bonds. The predicted molar refractivity (Wildman–Crippen MR) is 84.6 cm³/mol. The molecule has 1 heterocycles. The summed E-state index contributed by atoms with van der Waals surface area (Å²) >= 11 is 0. The lowest BCUT2D eigenvalue weighted by Gasteiger charge is -2.09. The number of nitrogens with zero attached hydrogens (tertiary/aromatic N) is 3. The van der Waals surface area contributed by atoms with Crippen LogP contribution in [0.1, 0.15) is 5.56 Å². The van der Waals surface area contributed by atoms with Gasteiger partial charge in [-0.15, -0.1) is 0 Å². The maximum atomic E-state index is 13.1. The van der Waals surface area contributed by atoms with Crippen molar-refractivity contribution < 1.29 is 9.13 Å². The number of rotatable bonds is 3. The van der Waals surface area contributed by atoms with Crippen LogP contribution in [0, 0.1) is 17.1 Å². The first kappa shape index (κ1) is 14.6. The van der Waals surface area contributed by atoms with Gasteiger partial charge in [-0.05, 0) is 36.4 Å². The van der Waals surface area contributed by atoms with Crippen LogP contribution in [0.3, 0.4) is 0 Å². The van der Waals surface area contributed by atoms with E-state index in [1.807, 2.05) is 12.1 Å². The van der Waals surface area contributed by atoms with Crippen molar-refractivity contribution >= 4 is 5.82 Å². The summed E-state index contributed by atoms with van der Waals surface area (Å²) < 4.78 is 19.9. The number of hydrogen-bond acceptors (Lipinski definition) is 4. The lowest BCUT2D eigenvalue weighted by atomic mass is 10.1. The number of ether oxygens (including phenoxy) is 1. The lowest BCUT2D eigenvalue weighted by molar-refractivity contribution is 0.412. The monoisotopic (exact) mass is 308 g/mol. The number of nitriles is 1. The van der Waals surface area contributed by atoms with E-state index in [2.05, 4.69) is 11.2 Å². The summed E-state index contributed by atoms with van der Waals surface area (Å²) in [5, 5.41) is 13.8. The Kier molecular flexibility index (Phi) is 3.69. The van der Waals surface area contributed by atoms with Gasteiger partial charge in [0.1, 0.15) is 40.4 Å². The van der Waals surface area contributed by atoms with Crippen molar-refractivity contribution in [1.29, 1.82) is 5.26 Å². The second-order valence-electron chi connectivity index (χ2n) is 4.81. The molecule has 114 valence electrons. The van der Waals surface area contributed by atoms with Gasteiger partial charge in [0.2, 0.25) is 0 Å². The summed E-state index contributed by atoms with van der Waals surface area (Å²) in [5.74, 6) is 0.428. The molecule has 3 rings (SSSR count). The van der Waals surface area contributed by atoms with Gasteiger partial charge >= 0.3 is 0 Å². The maximum Gasteiger partial charge on any atom is 0.146 e. The molecule has 0 fully saturated rings. The minimum atomic E-state index is -0.357. The van der Waals surface area contributed by atoms with Crippen LogP contribution in [0.4, 0.5) is 10.2 Å². The van der Waals surface area contributed by atoms with Gasteiger partial charge in [-0.25, -0.2) is 9.07 Å². The average Bonchev–Trinajstić information content (AvgIpc) is 2.92. The van der Waals surface area contributed by atoms with Crippen LogP contribution < -0.4 is 10.5 Å². The molecule has 2 aromatic carbocycles. The number of benzene rings is 2. The Morgan fingerprint density at radius 3 is 2.52 bits per heavy atom. The third kappa shape index (κ3) is 2.49. The van der Waals surface area contributed by atoms with Gasteiger partial charge in [0.15, 0.2) is 0 Å². The molecule has 1 aromatic heterocycles. The Hall–Kier alpha value is -3.33. The number of methoxy groups -OCH3 is 1. The summed E-state index contributed by atoms with van der Waals surface area (Å²) in [6.07, 6.45) is 0. The smallest absolute Gasteiger partial charge is 0.146 e. The summed E-state index contributed by atoms with van der Waals surface area (Å²) in [6, 6.07) is 15.0. The molecule has 0 spiro atoms. The van der Waals surface area contributed by atoms with Gasteiger partial charge in [0, 0.05) is 5.56 Å². The first-order valence-electron chi connectivity index (χ1n) is 6.83. The number of aromatic nitrogens is 2. The Bertz CT molecular complexity index is 894. The minimum Gasteiger partial charge on any atom is -0.494 e. The molecule has 0 saturated heterocycles. The first-order chi connectivity index (χ1) is 11.2. The fourth-order valence-electron chi connectivity index (χ4n) is 2.34. The van der Waals surface area contributed by atoms with Crippen LogP contribution in [0.5, 0.6) is 5.75 Å². The normalized spacial score (nSPS) is 10.3. The van der Waals surface area contributed by atoms with Gasteiger partial charge in [-0.1, -0.05) is 12.1 Å². The standard InChI is InChI=1S/C17H13FN4O/c1-23-15-5-3-2-4-14(15)22-17(20)13(10-19)16(21-22)11-6-8-12(18)9-7-11/h2-9H,20H2,1H3. The molecule has 0 saturated carbocycles. The van der Waals surface area contributed by atoms with Gasteiger partial charge in [0.25, 0.3) is 0 Å². The van der Waals surface area contributed by atoms with Crippen molar-refractivity contribution in [2.45, 2.75) is 0 Å². The number of nitrogens with two attached hydrogens (primary N) is 1.